The summed E-state index contributed by atoms with van der Waals surface area (Å²) in [5.74, 6) is 1.14. The van der Waals surface area contributed by atoms with E-state index >= 15 is 0 Å². The van der Waals surface area contributed by atoms with Gasteiger partial charge >= 0.3 is 0 Å². The molecule has 3 heterocycles. The minimum Gasteiger partial charge on any atom is -0.393 e. The Morgan fingerprint density at radius 1 is 1.07 bits per heavy atom. The van der Waals surface area contributed by atoms with Crippen LogP contribution in [0.1, 0.15) is 97.5 Å². The Bertz CT molecular complexity index is 1610. The monoisotopic (exact) mass is 625 g/mol. The fourth-order valence-corrected chi connectivity index (χ4v) is 9.61. The number of β-amino-alcohol motifs (C(OH)–C–C–N with tert-alkyl or cyclic N) is 1. The van der Waals surface area contributed by atoms with Crippen molar-refractivity contribution in [2.75, 3.05) is 32.7 Å². The summed E-state index contributed by atoms with van der Waals surface area (Å²) in [5, 5.41) is 24.9. The first kappa shape index (κ1) is 30.6. The second kappa shape index (κ2) is 12.3. The smallest absolute Gasteiger partial charge is 0.203 e. The molecule has 8 rings (SSSR count). The lowest BCUT2D eigenvalue weighted by Crippen LogP contribution is -2.59. The van der Waals surface area contributed by atoms with Gasteiger partial charge in [0.15, 0.2) is 5.96 Å². The minimum atomic E-state index is -0.924. The molecule has 0 unspecified atom stereocenters. The molecule has 0 amide bonds. The lowest BCUT2D eigenvalue weighted by Gasteiger charge is -2.49. The third-order valence-corrected chi connectivity index (χ3v) is 12.4. The average molecular weight is 626 g/mol. The molecule has 0 radical (unpaired) electrons. The predicted molar refractivity (Wildman–Crippen MR) is 183 cm³/mol. The van der Waals surface area contributed by atoms with Gasteiger partial charge in [0.2, 0.25) is 5.78 Å². The molecule has 1 saturated heterocycles. The number of nitrogens with zero attached hydrogens (tertiary/aromatic N) is 3. The highest BCUT2D eigenvalue weighted by Crippen LogP contribution is 2.59. The van der Waals surface area contributed by atoms with Crippen LogP contribution in [0.5, 0.6) is 0 Å². The Hall–Kier alpha value is -3.00. The number of benzene rings is 2. The van der Waals surface area contributed by atoms with Gasteiger partial charge < -0.3 is 20.0 Å². The lowest BCUT2D eigenvalue weighted by molar-refractivity contribution is -0.0772. The fourth-order valence-electron chi connectivity index (χ4n) is 8.59. The maximum atomic E-state index is 14.5. The number of hydrogen-bond acceptors (Lipinski definition) is 7. The van der Waals surface area contributed by atoms with Crippen molar-refractivity contribution in [1.29, 1.82) is 0 Å². The first-order valence-electron chi connectivity index (χ1n) is 17.0. The topological polar surface area (TPSA) is 76.4 Å². The second-order valence-electron chi connectivity index (χ2n) is 14.2. The molecular formula is C38H47N3O3S. The second-order valence-corrected chi connectivity index (χ2v) is 15.3. The van der Waals surface area contributed by atoms with Gasteiger partial charge in [-0.05, 0) is 105 Å². The number of guanidine groups is 1. The van der Waals surface area contributed by atoms with E-state index in [1.165, 1.54) is 5.57 Å². The van der Waals surface area contributed by atoms with Gasteiger partial charge in [0.25, 0.3) is 0 Å². The van der Waals surface area contributed by atoms with Crippen LogP contribution in [-0.2, 0) is 6.42 Å². The number of thiophene rings is 1. The van der Waals surface area contributed by atoms with E-state index in [-0.39, 0.29) is 11.7 Å². The molecular weight excluding hydrogens is 579 g/mol. The van der Waals surface area contributed by atoms with Gasteiger partial charge in [-0.1, -0.05) is 48.9 Å². The molecule has 0 spiro atoms. The van der Waals surface area contributed by atoms with Crippen LogP contribution in [0.15, 0.2) is 65.2 Å². The standard InChI is InChI=1S/C38H47N3O3S/c1-26-8-5-16-37(2)32(15-17-38(37,44)25-41-21-7-20-40-19-6-18-39-36(40)41)30-14-12-27(22-29(42)13-11-26)23-31(30)35(43)34-24-28-9-3-4-10-33(28)45-34/h3-4,8-10,12,14,23-24,29,32,42,44H,5-7,11,13,15-22,25H2,1-2H3/t29-,32-,37-,38+/m0/s1. The van der Waals surface area contributed by atoms with Crippen molar-refractivity contribution in [1.82, 2.24) is 9.80 Å². The molecule has 4 atom stereocenters. The average Bonchev–Trinajstić information content (AvgIpc) is 3.58. The van der Waals surface area contributed by atoms with Gasteiger partial charge in [-0.25, -0.2) is 0 Å². The number of aliphatic imine (C=N–C) groups is 1. The fraction of sp³-hybridized carbons (Fsp3) is 0.526. The third kappa shape index (κ3) is 5.77. The summed E-state index contributed by atoms with van der Waals surface area (Å²) < 4.78 is 1.11. The van der Waals surface area contributed by atoms with E-state index in [1.54, 1.807) is 11.3 Å². The highest BCUT2D eigenvalue weighted by molar-refractivity contribution is 7.21. The molecule has 2 fully saturated rings. The number of allylic oxidation sites excluding steroid dienone is 2. The van der Waals surface area contributed by atoms with Crippen LogP contribution in [0.3, 0.4) is 0 Å². The summed E-state index contributed by atoms with van der Waals surface area (Å²) >= 11 is 1.55. The van der Waals surface area contributed by atoms with Crippen molar-refractivity contribution in [3.05, 3.63) is 81.7 Å². The number of carbonyl (C=O) groups excluding carboxylic acids is 1. The van der Waals surface area contributed by atoms with Crippen molar-refractivity contribution in [2.24, 2.45) is 10.4 Å². The third-order valence-electron chi connectivity index (χ3n) is 11.3. The lowest BCUT2D eigenvalue weighted by atomic mass is 9.64. The largest absolute Gasteiger partial charge is 0.393 e. The van der Waals surface area contributed by atoms with Gasteiger partial charge in [-0.3, -0.25) is 9.79 Å². The predicted octanol–water partition coefficient (Wildman–Crippen LogP) is 6.94. The van der Waals surface area contributed by atoms with Crippen molar-refractivity contribution in [3.63, 3.8) is 0 Å². The first-order chi connectivity index (χ1) is 21.7. The molecule has 2 N–H and O–H groups in total. The zero-order valence-electron chi connectivity index (χ0n) is 26.8. The van der Waals surface area contributed by atoms with Gasteiger partial charge in [0.1, 0.15) is 0 Å². The number of aliphatic hydroxyl groups is 2. The van der Waals surface area contributed by atoms with Crippen LogP contribution in [0.25, 0.3) is 10.1 Å². The molecule has 5 aliphatic rings. The summed E-state index contributed by atoms with van der Waals surface area (Å²) in [4.78, 5) is 24.9. The van der Waals surface area contributed by atoms with E-state index in [0.29, 0.717) is 25.8 Å². The number of hydrogen-bond donors (Lipinski definition) is 2. The number of fused-ring (bicyclic) bond motifs is 10. The van der Waals surface area contributed by atoms with Crippen LogP contribution >= 0.6 is 11.3 Å². The molecule has 7 heteroatoms. The Balaban J connectivity index is 1.31. The van der Waals surface area contributed by atoms with Gasteiger partial charge in [-0.15, -0.1) is 11.3 Å². The molecule has 3 aromatic rings. The quantitative estimate of drug-likeness (QED) is 0.243. The maximum Gasteiger partial charge on any atom is 0.203 e. The van der Waals surface area contributed by atoms with Crippen LogP contribution in [-0.4, -0.2) is 76.2 Å². The molecule has 3 aliphatic carbocycles. The first-order valence-corrected chi connectivity index (χ1v) is 17.8. The van der Waals surface area contributed by atoms with Gasteiger partial charge in [-0.2, -0.15) is 0 Å². The summed E-state index contributed by atoms with van der Waals surface area (Å²) in [6.07, 6.45) is 9.32. The summed E-state index contributed by atoms with van der Waals surface area (Å²) in [6.45, 7) is 8.89. The SMILES string of the molecule is CC1=CCC[C@@]2(C)[C@@H](CC[C@@]2(O)CN2CCCN3CCCN=C32)c2ccc(cc2C(=O)c2cc3ccccc3s2)C[C@@H](O)CC1. The van der Waals surface area contributed by atoms with Gasteiger partial charge in [0.05, 0.1) is 23.1 Å². The van der Waals surface area contributed by atoms with Crippen LogP contribution in [0, 0.1) is 5.41 Å². The molecule has 6 nitrogen and oxygen atoms in total. The summed E-state index contributed by atoms with van der Waals surface area (Å²) in [5.41, 5.74) is 2.70. The molecule has 1 aromatic heterocycles. The van der Waals surface area contributed by atoms with E-state index in [0.717, 1.165) is 102 Å². The zero-order chi connectivity index (χ0) is 31.2. The molecule has 2 aliphatic heterocycles. The van der Waals surface area contributed by atoms with Crippen molar-refractivity contribution in [3.8, 4) is 0 Å². The molecule has 2 aromatic carbocycles. The van der Waals surface area contributed by atoms with Gasteiger partial charge in [0, 0.05) is 41.9 Å². The molecule has 238 valence electrons. The Kier molecular flexibility index (Phi) is 8.38. The van der Waals surface area contributed by atoms with E-state index in [1.807, 2.05) is 18.2 Å². The Morgan fingerprint density at radius 2 is 1.91 bits per heavy atom. The van der Waals surface area contributed by atoms with Crippen LogP contribution < -0.4 is 0 Å². The number of ketones is 1. The highest BCUT2D eigenvalue weighted by Gasteiger charge is 2.57. The number of aliphatic hydroxyl groups excluding tert-OH is 1. The molecule has 2 bridgehead atoms. The molecule has 1 saturated carbocycles. The number of carbonyl (C=O) groups is 1. The maximum absolute atomic E-state index is 14.5. The van der Waals surface area contributed by atoms with Crippen LogP contribution in [0.2, 0.25) is 0 Å². The van der Waals surface area contributed by atoms with E-state index in [2.05, 4.69) is 60.1 Å². The van der Waals surface area contributed by atoms with E-state index < -0.39 is 17.1 Å². The van der Waals surface area contributed by atoms with Crippen molar-refractivity contribution >= 4 is 33.2 Å². The van der Waals surface area contributed by atoms with E-state index in [9.17, 15) is 15.0 Å². The Morgan fingerprint density at radius 3 is 2.78 bits per heavy atom. The normalized spacial score (nSPS) is 29.2. The van der Waals surface area contributed by atoms with Crippen LogP contribution in [0.4, 0.5) is 0 Å². The summed E-state index contributed by atoms with van der Waals surface area (Å²) in [7, 11) is 0. The Labute approximate surface area is 271 Å². The van der Waals surface area contributed by atoms with Crippen molar-refractivity contribution < 1.29 is 15.0 Å². The summed E-state index contributed by atoms with van der Waals surface area (Å²) in [6, 6.07) is 16.5. The van der Waals surface area contributed by atoms with E-state index in [4.69, 9.17) is 4.99 Å². The zero-order valence-corrected chi connectivity index (χ0v) is 27.6. The van der Waals surface area contributed by atoms with Crippen molar-refractivity contribution in [2.45, 2.75) is 89.3 Å². The molecule has 45 heavy (non-hydrogen) atoms. The highest BCUT2D eigenvalue weighted by atomic mass is 32.1. The minimum absolute atomic E-state index is 0.0284. The number of rotatable bonds is 4.